The van der Waals surface area contributed by atoms with Crippen molar-refractivity contribution in [2.75, 3.05) is 14.2 Å². The third-order valence-electron chi connectivity index (χ3n) is 3.31. The van der Waals surface area contributed by atoms with Gasteiger partial charge in [-0.1, -0.05) is 12.1 Å². The van der Waals surface area contributed by atoms with E-state index in [1.807, 2.05) is 36.4 Å². The van der Waals surface area contributed by atoms with Crippen molar-refractivity contribution < 1.29 is 9.47 Å². The van der Waals surface area contributed by atoms with Gasteiger partial charge in [-0.2, -0.15) is 5.26 Å². The molecule has 0 bridgehead atoms. The van der Waals surface area contributed by atoms with E-state index in [0.717, 1.165) is 20.1 Å². The van der Waals surface area contributed by atoms with Gasteiger partial charge in [-0.15, -0.1) is 11.3 Å². The Balaban J connectivity index is 1.91. The van der Waals surface area contributed by atoms with E-state index in [4.69, 9.17) is 9.47 Å². The number of hydrogen-bond acceptors (Lipinski definition) is 6. The first kappa shape index (κ1) is 16.4. The van der Waals surface area contributed by atoms with Crippen molar-refractivity contribution in [1.82, 2.24) is 4.98 Å². The summed E-state index contributed by atoms with van der Waals surface area (Å²) in [7, 11) is 3.20. The minimum absolute atomic E-state index is 0.553. The largest absolute Gasteiger partial charge is 0.497 e. The standard InChI is InChI=1S/C18H14N2O2S2/c1-21-13-8-7-12(16(10-13)22-2)9-14(11-19)23-18-20-15-5-3-4-6-17(15)24-18/h3-10H,1-2H3. The van der Waals surface area contributed by atoms with E-state index in [9.17, 15) is 5.26 Å². The van der Waals surface area contributed by atoms with Crippen LogP contribution in [0.2, 0.25) is 0 Å². The van der Waals surface area contributed by atoms with E-state index in [2.05, 4.69) is 11.1 Å². The van der Waals surface area contributed by atoms with Gasteiger partial charge in [0.15, 0.2) is 4.34 Å². The van der Waals surface area contributed by atoms with Gasteiger partial charge in [0.25, 0.3) is 0 Å². The number of fused-ring (bicyclic) bond motifs is 1. The Morgan fingerprint density at radius 3 is 2.75 bits per heavy atom. The summed E-state index contributed by atoms with van der Waals surface area (Å²) in [4.78, 5) is 5.10. The molecule has 1 heterocycles. The molecule has 0 unspecified atom stereocenters. The lowest BCUT2D eigenvalue weighted by Gasteiger charge is -2.07. The lowest BCUT2D eigenvalue weighted by Crippen LogP contribution is -1.90. The highest BCUT2D eigenvalue weighted by molar-refractivity contribution is 8.05. The number of rotatable bonds is 5. The molecule has 0 aliphatic heterocycles. The fraction of sp³-hybridized carbons (Fsp3) is 0.111. The van der Waals surface area contributed by atoms with E-state index >= 15 is 0 Å². The van der Waals surface area contributed by atoms with E-state index in [0.29, 0.717) is 16.4 Å². The second-order valence-corrected chi connectivity index (χ2v) is 7.10. The molecule has 0 saturated carbocycles. The first-order valence-electron chi connectivity index (χ1n) is 7.10. The molecule has 0 aliphatic carbocycles. The number of thioether (sulfide) groups is 1. The quantitative estimate of drug-likeness (QED) is 0.478. The van der Waals surface area contributed by atoms with Crippen LogP contribution in [-0.2, 0) is 0 Å². The highest BCUT2D eigenvalue weighted by Gasteiger charge is 2.09. The summed E-state index contributed by atoms with van der Waals surface area (Å²) in [5.41, 5.74) is 1.77. The van der Waals surface area contributed by atoms with Crippen LogP contribution in [0.15, 0.2) is 51.7 Å². The van der Waals surface area contributed by atoms with Gasteiger partial charge in [0.1, 0.15) is 17.6 Å². The third-order valence-corrected chi connectivity index (χ3v) is 5.33. The Bertz CT molecular complexity index is 909. The molecule has 6 heteroatoms. The minimum atomic E-state index is 0.553. The van der Waals surface area contributed by atoms with Gasteiger partial charge in [-0.3, -0.25) is 0 Å². The van der Waals surface area contributed by atoms with Crippen molar-refractivity contribution in [1.29, 1.82) is 5.26 Å². The fourth-order valence-corrected chi connectivity index (χ4v) is 4.12. The number of methoxy groups -OCH3 is 2. The van der Waals surface area contributed by atoms with Crippen LogP contribution in [0.4, 0.5) is 0 Å². The van der Waals surface area contributed by atoms with Crippen molar-refractivity contribution in [2.24, 2.45) is 0 Å². The SMILES string of the molecule is COc1ccc(C=C(C#N)Sc2nc3ccccc3s2)c(OC)c1. The second kappa shape index (κ2) is 7.39. The molecule has 0 radical (unpaired) electrons. The van der Waals surface area contributed by atoms with Crippen LogP contribution in [0.1, 0.15) is 5.56 Å². The van der Waals surface area contributed by atoms with Crippen LogP contribution in [0, 0.1) is 11.3 Å². The first-order chi connectivity index (χ1) is 11.7. The van der Waals surface area contributed by atoms with Gasteiger partial charge in [-0.05, 0) is 42.1 Å². The number of thiazole rings is 1. The Kier molecular flexibility index (Phi) is 5.04. The number of allylic oxidation sites excluding steroid dienone is 1. The monoisotopic (exact) mass is 354 g/mol. The molecule has 0 saturated heterocycles. The molecule has 0 N–H and O–H groups in total. The molecule has 0 aliphatic rings. The molecule has 0 spiro atoms. The highest BCUT2D eigenvalue weighted by Crippen LogP contribution is 2.35. The molecule has 24 heavy (non-hydrogen) atoms. The van der Waals surface area contributed by atoms with Gasteiger partial charge in [-0.25, -0.2) is 4.98 Å². The van der Waals surface area contributed by atoms with E-state index in [1.165, 1.54) is 11.8 Å². The summed E-state index contributed by atoms with van der Waals surface area (Å²) in [6.45, 7) is 0. The Morgan fingerprint density at radius 1 is 1.21 bits per heavy atom. The summed E-state index contributed by atoms with van der Waals surface area (Å²) in [5.74, 6) is 1.37. The zero-order valence-electron chi connectivity index (χ0n) is 13.1. The smallest absolute Gasteiger partial charge is 0.156 e. The summed E-state index contributed by atoms with van der Waals surface area (Å²) >= 11 is 2.94. The molecular weight excluding hydrogens is 340 g/mol. The van der Waals surface area contributed by atoms with Crippen LogP contribution in [-0.4, -0.2) is 19.2 Å². The summed E-state index contributed by atoms with van der Waals surface area (Å²) in [5, 5.41) is 9.46. The Hall–Kier alpha value is -2.49. The van der Waals surface area contributed by atoms with Crippen LogP contribution in [0.5, 0.6) is 11.5 Å². The number of para-hydroxylation sites is 1. The molecule has 0 atom stereocenters. The molecule has 0 fully saturated rings. The molecule has 4 nitrogen and oxygen atoms in total. The maximum Gasteiger partial charge on any atom is 0.156 e. The molecular formula is C18H14N2O2S2. The van der Waals surface area contributed by atoms with Crippen LogP contribution >= 0.6 is 23.1 Å². The Labute approximate surface area is 148 Å². The number of benzene rings is 2. The zero-order chi connectivity index (χ0) is 16.9. The van der Waals surface area contributed by atoms with Crippen LogP contribution in [0.3, 0.4) is 0 Å². The Morgan fingerprint density at radius 2 is 2.04 bits per heavy atom. The summed E-state index contributed by atoms with van der Waals surface area (Å²) in [6, 6.07) is 15.7. The molecule has 3 rings (SSSR count). The lowest BCUT2D eigenvalue weighted by atomic mass is 10.2. The van der Waals surface area contributed by atoms with Crippen molar-refractivity contribution in [3.05, 3.63) is 52.9 Å². The number of nitrogens with zero attached hydrogens (tertiary/aromatic N) is 2. The minimum Gasteiger partial charge on any atom is -0.497 e. The average Bonchev–Trinajstić information content (AvgIpc) is 3.03. The van der Waals surface area contributed by atoms with Crippen LogP contribution in [0.25, 0.3) is 16.3 Å². The second-order valence-electron chi connectivity index (χ2n) is 4.78. The normalized spacial score (nSPS) is 11.3. The third kappa shape index (κ3) is 3.53. The molecule has 0 amide bonds. The van der Waals surface area contributed by atoms with Gasteiger partial charge in [0, 0.05) is 11.6 Å². The predicted octanol–water partition coefficient (Wildman–Crippen LogP) is 4.97. The summed E-state index contributed by atoms with van der Waals surface area (Å²) < 4.78 is 12.5. The molecule has 120 valence electrons. The van der Waals surface area contributed by atoms with Gasteiger partial charge < -0.3 is 9.47 Å². The maximum atomic E-state index is 9.46. The van der Waals surface area contributed by atoms with Crippen LogP contribution < -0.4 is 9.47 Å². The summed E-state index contributed by atoms with van der Waals surface area (Å²) in [6.07, 6.45) is 1.80. The van der Waals surface area contributed by atoms with Crippen molar-refractivity contribution in [3.63, 3.8) is 0 Å². The van der Waals surface area contributed by atoms with Crippen molar-refractivity contribution in [2.45, 2.75) is 4.34 Å². The highest BCUT2D eigenvalue weighted by atomic mass is 32.2. The number of aromatic nitrogens is 1. The number of hydrogen-bond donors (Lipinski definition) is 0. The first-order valence-corrected chi connectivity index (χ1v) is 8.74. The average molecular weight is 354 g/mol. The number of nitriles is 1. The molecule has 3 aromatic rings. The van der Waals surface area contributed by atoms with Gasteiger partial charge in [0.2, 0.25) is 0 Å². The fourth-order valence-electron chi connectivity index (χ4n) is 2.15. The topological polar surface area (TPSA) is 55.1 Å². The molecule has 2 aromatic carbocycles. The van der Waals surface area contributed by atoms with Crippen molar-refractivity contribution in [3.8, 4) is 17.6 Å². The maximum absolute atomic E-state index is 9.46. The molecule has 1 aromatic heterocycles. The van der Waals surface area contributed by atoms with E-state index in [-0.39, 0.29) is 0 Å². The van der Waals surface area contributed by atoms with E-state index < -0.39 is 0 Å². The van der Waals surface area contributed by atoms with E-state index in [1.54, 1.807) is 37.7 Å². The lowest BCUT2D eigenvalue weighted by molar-refractivity contribution is 0.394. The van der Waals surface area contributed by atoms with Gasteiger partial charge in [0.05, 0.1) is 29.3 Å². The van der Waals surface area contributed by atoms with Crippen molar-refractivity contribution >= 4 is 39.4 Å². The number of ether oxygens (including phenoxy) is 2. The predicted molar refractivity (Wildman–Crippen MR) is 98.6 cm³/mol. The van der Waals surface area contributed by atoms with Gasteiger partial charge >= 0.3 is 0 Å². The zero-order valence-corrected chi connectivity index (χ0v) is 14.8.